The van der Waals surface area contributed by atoms with Crippen molar-refractivity contribution in [3.8, 4) is 11.5 Å². The average Bonchev–Trinajstić information content (AvgIpc) is 2.87. The number of carbonyl (C=O) groups excluding carboxylic acids is 2. The van der Waals surface area contributed by atoms with Gasteiger partial charge in [-0.3, -0.25) is 14.5 Å². The van der Waals surface area contributed by atoms with Gasteiger partial charge >= 0.3 is 0 Å². The third-order valence-corrected chi connectivity index (χ3v) is 6.54. The zero-order chi connectivity index (χ0) is 23.8. The van der Waals surface area contributed by atoms with Crippen molar-refractivity contribution in [1.82, 2.24) is 4.90 Å². The molecule has 0 N–H and O–H groups in total. The minimum absolute atomic E-state index is 0.213. The second kappa shape index (κ2) is 8.91. The Morgan fingerprint density at radius 3 is 2.21 bits per heavy atom. The van der Waals surface area contributed by atoms with E-state index in [2.05, 4.69) is 4.90 Å². The van der Waals surface area contributed by atoms with Crippen molar-refractivity contribution >= 4 is 17.3 Å². The number of anilines is 1. The molecule has 34 heavy (non-hydrogen) atoms. The first-order valence-electron chi connectivity index (χ1n) is 11.2. The van der Waals surface area contributed by atoms with Gasteiger partial charge in [0.2, 0.25) is 5.78 Å². The molecule has 0 spiro atoms. The van der Waals surface area contributed by atoms with Gasteiger partial charge in [0.05, 0.1) is 31.0 Å². The van der Waals surface area contributed by atoms with Crippen molar-refractivity contribution in [3.05, 3.63) is 88.2 Å². The van der Waals surface area contributed by atoms with Crippen LogP contribution in [0.15, 0.2) is 54.6 Å². The number of methoxy groups -OCH3 is 2. The minimum atomic E-state index is -0.274. The zero-order valence-corrected chi connectivity index (χ0v) is 19.1. The van der Waals surface area contributed by atoms with Crippen molar-refractivity contribution in [2.24, 2.45) is 0 Å². The largest absolute Gasteiger partial charge is 0.496 e. The van der Waals surface area contributed by atoms with E-state index >= 15 is 0 Å². The molecule has 0 saturated carbocycles. The van der Waals surface area contributed by atoms with Crippen LogP contribution in [-0.4, -0.2) is 56.9 Å². The molecule has 0 amide bonds. The summed E-state index contributed by atoms with van der Waals surface area (Å²) in [6.45, 7) is 3.50. The van der Waals surface area contributed by atoms with Crippen LogP contribution in [0.25, 0.3) is 0 Å². The van der Waals surface area contributed by atoms with Crippen LogP contribution in [0.2, 0.25) is 0 Å². The van der Waals surface area contributed by atoms with Crippen LogP contribution in [0.3, 0.4) is 0 Å². The number of halogens is 1. The number of nitrogens with zero attached hydrogens (tertiary/aromatic N) is 2. The molecule has 6 nitrogen and oxygen atoms in total. The Hall–Kier alpha value is -3.71. The Morgan fingerprint density at radius 2 is 1.50 bits per heavy atom. The molecule has 174 valence electrons. The summed E-state index contributed by atoms with van der Waals surface area (Å²) in [7, 11) is 2.98. The molecule has 2 aliphatic rings. The first kappa shape index (κ1) is 22.1. The van der Waals surface area contributed by atoms with Gasteiger partial charge in [0.15, 0.2) is 5.78 Å². The van der Waals surface area contributed by atoms with Gasteiger partial charge in [0.25, 0.3) is 0 Å². The lowest BCUT2D eigenvalue weighted by Gasteiger charge is -2.36. The molecule has 0 bridgehead atoms. The standard InChI is InChI=1S/C27H25FN2O4/c1-33-22-9-5-6-18-24(22)27(32)25-19(26(18)31)14-17(15-23(25)34-2)16-29-10-12-30(13-11-29)21-8-4-3-7-20(21)28/h3-9,14-15H,10-13,16H2,1-2H3. The average molecular weight is 461 g/mol. The maximum Gasteiger partial charge on any atom is 0.201 e. The van der Waals surface area contributed by atoms with Crippen LogP contribution in [0.4, 0.5) is 10.1 Å². The summed E-state index contributed by atoms with van der Waals surface area (Å²) in [5, 5.41) is 0. The molecule has 7 heteroatoms. The number of carbonyl (C=O) groups is 2. The van der Waals surface area contributed by atoms with E-state index in [1.165, 1.54) is 20.3 Å². The molecule has 0 atom stereocenters. The lowest BCUT2D eigenvalue weighted by molar-refractivity contribution is 0.0973. The lowest BCUT2D eigenvalue weighted by Crippen LogP contribution is -2.46. The van der Waals surface area contributed by atoms with Crippen molar-refractivity contribution in [2.75, 3.05) is 45.3 Å². The van der Waals surface area contributed by atoms with Crippen LogP contribution in [0.5, 0.6) is 11.5 Å². The molecule has 5 rings (SSSR count). The van der Waals surface area contributed by atoms with Crippen LogP contribution < -0.4 is 14.4 Å². The molecule has 1 saturated heterocycles. The number of ketones is 2. The number of hydrogen-bond donors (Lipinski definition) is 0. The highest BCUT2D eigenvalue weighted by Gasteiger charge is 2.35. The van der Waals surface area contributed by atoms with E-state index in [9.17, 15) is 14.0 Å². The van der Waals surface area contributed by atoms with E-state index in [0.29, 0.717) is 47.9 Å². The number of para-hydroxylation sites is 1. The molecular weight excluding hydrogens is 435 g/mol. The molecular formula is C27H25FN2O4. The van der Waals surface area contributed by atoms with Crippen molar-refractivity contribution in [1.29, 1.82) is 0 Å². The summed E-state index contributed by atoms with van der Waals surface area (Å²) in [6.07, 6.45) is 0. The van der Waals surface area contributed by atoms with E-state index in [1.54, 1.807) is 36.4 Å². The Bertz CT molecular complexity index is 1280. The second-order valence-electron chi connectivity index (χ2n) is 8.48. The van der Waals surface area contributed by atoms with Crippen molar-refractivity contribution < 1.29 is 23.5 Å². The van der Waals surface area contributed by atoms with E-state index in [-0.39, 0.29) is 28.5 Å². The Kier molecular flexibility index (Phi) is 5.79. The molecule has 1 fully saturated rings. The highest BCUT2D eigenvalue weighted by atomic mass is 19.1. The van der Waals surface area contributed by atoms with E-state index in [0.717, 1.165) is 18.7 Å². The van der Waals surface area contributed by atoms with Crippen molar-refractivity contribution in [2.45, 2.75) is 6.54 Å². The maximum atomic E-state index is 14.1. The number of rotatable bonds is 5. The molecule has 3 aromatic carbocycles. The number of hydrogen-bond acceptors (Lipinski definition) is 6. The van der Waals surface area contributed by atoms with Crippen LogP contribution in [0, 0.1) is 5.82 Å². The van der Waals surface area contributed by atoms with Gasteiger partial charge < -0.3 is 14.4 Å². The normalized spacial score (nSPS) is 15.7. The fourth-order valence-corrected chi connectivity index (χ4v) is 4.85. The number of benzene rings is 3. The molecule has 0 unspecified atom stereocenters. The van der Waals surface area contributed by atoms with Gasteiger partial charge in [0, 0.05) is 43.9 Å². The maximum absolute atomic E-state index is 14.1. The zero-order valence-electron chi connectivity index (χ0n) is 19.1. The fourth-order valence-electron chi connectivity index (χ4n) is 4.85. The van der Waals surface area contributed by atoms with Crippen LogP contribution in [0.1, 0.15) is 37.4 Å². The van der Waals surface area contributed by atoms with E-state index in [1.807, 2.05) is 17.0 Å². The molecule has 0 radical (unpaired) electrons. The molecule has 1 heterocycles. The van der Waals surface area contributed by atoms with E-state index < -0.39 is 0 Å². The topological polar surface area (TPSA) is 59.1 Å². The summed E-state index contributed by atoms with van der Waals surface area (Å²) in [4.78, 5) is 31.0. The van der Waals surface area contributed by atoms with Crippen LogP contribution in [-0.2, 0) is 6.54 Å². The summed E-state index contributed by atoms with van der Waals surface area (Å²) < 4.78 is 25.0. The Labute approximate surface area is 197 Å². The third kappa shape index (κ3) is 3.72. The van der Waals surface area contributed by atoms with Crippen molar-refractivity contribution in [3.63, 3.8) is 0 Å². The molecule has 0 aromatic heterocycles. The Balaban J connectivity index is 1.40. The third-order valence-electron chi connectivity index (χ3n) is 6.54. The van der Waals surface area contributed by atoms with Gasteiger partial charge in [-0.1, -0.05) is 24.3 Å². The molecule has 3 aromatic rings. The van der Waals surface area contributed by atoms with Gasteiger partial charge in [-0.15, -0.1) is 0 Å². The lowest BCUT2D eigenvalue weighted by atomic mass is 9.82. The summed E-state index contributed by atoms with van der Waals surface area (Å²) in [5.41, 5.74) is 2.76. The van der Waals surface area contributed by atoms with Gasteiger partial charge in [-0.2, -0.15) is 0 Å². The first-order chi connectivity index (χ1) is 16.5. The Morgan fingerprint density at radius 1 is 0.794 bits per heavy atom. The first-order valence-corrected chi connectivity index (χ1v) is 11.2. The van der Waals surface area contributed by atoms with Gasteiger partial charge in [-0.05, 0) is 35.9 Å². The number of ether oxygens (including phenoxy) is 2. The van der Waals surface area contributed by atoms with E-state index in [4.69, 9.17) is 9.47 Å². The summed E-state index contributed by atoms with van der Waals surface area (Å²) in [5.74, 6) is 0.0557. The smallest absolute Gasteiger partial charge is 0.201 e. The predicted octanol–water partition coefficient (Wildman–Crippen LogP) is 3.94. The van der Waals surface area contributed by atoms with Gasteiger partial charge in [0.1, 0.15) is 17.3 Å². The summed E-state index contributed by atoms with van der Waals surface area (Å²) >= 11 is 0. The number of fused-ring (bicyclic) bond motifs is 2. The quantitative estimate of drug-likeness (QED) is 0.450. The predicted molar refractivity (Wildman–Crippen MR) is 127 cm³/mol. The SMILES string of the molecule is COc1cccc2c1C(=O)c1c(OC)cc(CN3CCN(c4ccccc4F)CC3)cc1C2=O. The highest BCUT2D eigenvalue weighted by Crippen LogP contribution is 2.38. The second-order valence-corrected chi connectivity index (χ2v) is 8.48. The minimum Gasteiger partial charge on any atom is -0.496 e. The molecule has 1 aliphatic carbocycles. The molecule has 1 aliphatic heterocycles. The van der Waals surface area contributed by atoms with Crippen LogP contribution >= 0.6 is 0 Å². The monoisotopic (exact) mass is 460 g/mol. The highest BCUT2D eigenvalue weighted by molar-refractivity contribution is 6.30. The fraction of sp³-hybridized carbons (Fsp3) is 0.259. The summed E-state index contributed by atoms with van der Waals surface area (Å²) in [6, 6.07) is 15.5. The van der Waals surface area contributed by atoms with Gasteiger partial charge in [-0.25, -0.2) is 4.39 Å². The number of piperazine rings is 1.